The van der Waals surface area contributed by atoms with Gasteiger partial charge < -0.3 is 4.74 Å². The molecule has 2 aromatic rings. The van der Waals surface area contributed by atoms with Gasteiger partial charge in [0.1, 0.15) is 12.6 Å². The molecular formula is C20H16F3NO4. The number of hydrogen-bond acceptors (Lipinski definition) is 4. The second kappa shape index (κ2) is 7.10. The Kier molecular flexibility index (Phi) is 4.97. The predicted octanol–water partition coefficient (Wildman–Crippen LogP) is 3.74. The first-order valence-corrected chi connectivity index (χ1v) is 8.41. The molecule has 1 unspecified atom stereocenters. The molecule has 1 aliphatic heterocycles. The van der Waals surface area contributed by atoms with Gasteiger partial charge in [-0.2, -0.15) is 13.2 Å². The van der Waals surface area contributed by atoms with Crippen LogP contribution in [-0.4, -0.2) is 28.7 Å². The van der Waals surface area contributed by atoms with Crippen molar-refractivity contribution < 1.29 is 32.3 Å². The fraction of sp³-hybridized carbons (Fsp3) is 0.250. The zero-order valence-electron chi connectivity index (χ0n) is 15.0. The van der Waals surface area contributed by atoms with Crippen molar-refractivity contribution in [3.8, 4) is 0 Å². The zero-order chi connectivity index (χ0) is 20.6. The van der Waals surface area contributed by atoms with Gasteiger partial charge >= 0.3 is 12.1 Å². The van der Waals surface area contributed by atoms with E-state index >= 15 is 0 Å². The molecule has 1 atom stereocenters. The molecule has 0 radical (unpaired) electrons. The van der Waals surface area contributed by atoms with Gasteiger partial charge in [-0.15, -0.1) is 0 Å². The highest BCUT2D eigenvalue weighted by Crippen LogP contribution is 2.30. The minimum Gasteiger partial charge on any atom is -0.459 e. The molecule has 1 heterocycles. The molecule has 0 bridgehead atoms. The van der Waals surface area contributed by atoms with Crippen LogP contribution in [0.2, 0.25) is 0 Å². The van der Waals surface area contributed by atoms with Crippen LogP contribution in [-0.2, 0) is 22.3 Å². The summed E-state index contributed by atoms with van der Waals surface area (Å²) in [5.74, 6) is -2.10. The highest BCUT2D eigenvalue weighted by molar-refractivity contribution is 6.22. The van der Waals surface area contributed by atoms with Crippen LogP contribution in [0, 0.1) is 6.92 Å². The van der Waals surface area contributed by atoms with Gasteiger partial charge in [-0.3, -0.25) is 14.5 Å². The quantitative estimate of drug-likeness (QED) is 0.588. The summed E-state index contributed by atoms with van der Waals surface area (Å²) in [6.07, 6.45) is -4.51. The van der Waals surface area contributed by atoms with E-state index in [9.17, 15) is 27.6 Å². The van der Waals surface area contributed by atoms with E-state index in [0.29, 0.717) is 0 Å². The lowest BCUT2D eigenvalue weighted by atomic mass is 10.1. The smallest absolute Gasteiger partial charge is 0.416 e. The standard InChI is InChI=1S/C20H16F3NO4/c1-11-6-7-15-16(8-11)18(26)24(17(15)25)12(2)19(27)28-10-13-4-3-5-14(9-13)20(21,22)23/h3-9,12H,10H2,1-2H3. The summed E-state index contributed by atoms with van der Waals surface area (Å²) < 4.78 is 43.3. The summed E-state index contributed by atoms with van der Waals surface area (Å²) in [5.41, 5.74) is 0.496. The fourth-order valence-electron chi connectivity index (χ4n) is 2.94. The van der Waals surface area contributed by atoms with Crippen LogP contribution in [0.25, 0.3) is 0 Å². The number of nitrogens with zero attached hydrogens (tertiary/aromatic N) is 1. The summed E-state index contributed by atoms with van der Waals surface area (Å²) >= 11 is 0. The van der Waals surface area contributed by atoms with Crippen LogP contribution in [0.1, 0.15) is 44.3 Å². The number of halogens is 3. The molecule has 2 amide bonds. The van der Waals surface area contributed by atoms with Crippen molar-refractivity contribution in [1.29, 1.82) is 0 Å². The van der Waals surface area contributed by atoms with Gasteiger partial charge in [0, 0.05) is 0 Å². The lowest BCUT2D eigenvalue weighted by molar-refractivity contribution is -0.149. The average molecular weight is 391 g/mol. The molecule has 0 N–H and O–H groups in total. The van der Waals surface area contributed by atoms with Crippen LogP contribution in [0.4, 0.5) is 13.2 Å². The molecule has 5 nitrogen and oxygen atoms in total. The van der Waals surface area contributed by atoms with E-state index in [-0.39, 0.29) is 16.7 Å². The number of esters is 1. The van der Waals surface area contributed by atoms with E-state index in [4.69, 9.17) is 4.74 Å². The highest BCUT2D eigenvalue weighted by atomic mass is 19.4. The minimum atomic E-state index is -4.51. The van der Waals surface area contributed by atoms with Crippen LogP contribution in [0.15, 0.2) is 42.5 Å². The van der Waals surface area contributed by atoms with Crippen molar-refractivity contribution in [2.75, 3.05) is 0 Å². The molecule has 0 saturated carbocycles. The predicted molar refractivity (Wildman–Crippen MR) is 92.4 cm³/mol. The third-order valence-electron chi connectivity index (χ3n) is 4.44. The molecule has 1 aliphatic rings. The van der Waals surface area contributed by atoms with Gasteiger partial charge in [-0.05, 0) is 43.7 Å². The van der Waals surface area contributed by atoms with E-state index < -0.39 is 42.2 Å². The van der Waals surface area contributed by atoms with Crippen molar-refractivity contribution in [1.82, 2.24) is 4.90 Å². The molecule has 8 heteroatoms. The Balaban J connectivity index is 1.71. The Labute approximate surface area is 158 Å². The summed E-state index contributed by atoms with van der Waals surface area (Å²) in [5, 5.41) is 0. The normalized spacial score (nSPS) is 14.8. The fourth-order valence-corrected chi connectivity index (χ4v) is 2.94. The first kappa shape index (κ1) is 19.6. The van der Waals surface area contributed by atoms with E-state index in [1.165, 1.54) is 25.1 Å². The number of rotatable bonds is 4. The Morgan fingerprint density at radius 2 is 1.75 bits per heavy atom. The Hall–Kier alpha value is -3.16. The molecular weight excluding hydrogens is 375 g/mol. The molecule has 0 spiro atoms. The number of fused-ring (bicyclic) bond motifs is 1. The average Bonchev–Trinajstić information content (AvgIpc) is 2.88. The van der Waals surface area contributed by atoms with E-state index in [0.717, 1.165) is 22.6 Å². The van der Waals surface area contributed by atoms with Gasteiger partial charge in [-0.1, -0.05) is 23.8 Å². The molecule has 3 rings (SSSR count). The molecule has 28 heavy (non-hydrogen) atoms. The summed E-state index contributed by atoms with van der Waals surface area (Å²) in [4.78, 5) is 38.1. The Morgan fingerprint density at radius 3 is 2.43 bits per heavy atom. The minimum absolute atomic E-state index is 0.147. The second-order valence-electron chi connectivity index (χ2n) is 6.51. The number of hydrogen-bond donors (Lipinski definition) is 0. The van der Waals surface area contributed by atoms with Crippen LogP contribution >= 0.6 is 0 Å². The van der Waals surface area contributed by atoms with Crippen molar-refractivity contribution in [2.24, 2.45) is 0 Å². The van der Waals surface area contributed by atoms with Crippen molar-refractivity contribution >= 4 is 17.8 Å². The van der Waals surface area contributed by atoms with Gasteiger partial charge in [-0.25, -0.2) is 4.79 Å². The third-order valence-corrected chi connectivity index (χ3v) is 4.44. The van der Waals surface area contributed by atoms with Crippen LogP contribution < -0.4 is 0 Å². The molecule has 0 aromatic heterocycles. The number of ether oxygens (including phenoxy) is 1. The maximum atomic E-state index is 12.8. The number of aryl methyl sites for hydroxylation is 1. The van der Waals surface area contributed by atoms with Gasteiger partial charge in [0.05, 0.1) is 16.7 Å². The van der Waals surface area contributed by atoms with Crippen molar-refractivity contribution in [2.45, 2.75) is 32.7 Å². The molecule has 146 valence electrons. The largest absolute Gasteiger partial charge is 0.459 e. The van der Waals surface area contributed by atoms with Gasteiger partial charge in [0.2, 0.25) is 0 Å². The first-order chi connectivity index (χ1) is 13.1. The lowest BCUT2D eigenvalue weighted by Crippen LogP contribution is -2.43. The topological polar surface area (TPSA) is 63.7 Å². The monoisotopic (exact) mass is 391 g/mol. The number of alkyl halides is 3. The Morgan fingerprint density at radius 1 is 1.07 bits per heavy atom. The SMILES string of the molecule is Cc1ccc2c(c1)C(=O)N(C(C)C(=O)OCc1cccc(C(F)(F)F)c1)C2=O. The summed E-state index contributed by atoms with van der Waals surface area (Å²) in [6.45, 7) is 2.70. The number of benzene rings is 2. The lowest BCUT2D eigenvalue weighted by Gasteiger charge is -2.21. The number of imide groups is 1. The van der Waals surface area contributed by atoms with E-state index in [1.54, 1.807) is 19.1 Å². The first-order valence-electron chi connectivity index (χ1n) is 8.41. The van der Waals surface area contributed by atoms with Crippen molar-refractivity contribution in [3.05, 3.63) is 70.3 Å². The Bertz CT molecular complexity index is 968. The zero-order valence-corrected chi connectivity index (χ0v) is 15.0. The summed E-state index contributed by atoms with van der Waals surface area (Å²) in [6, 6.07) is 7.95. The molecule has 0 fully saturated rings. The molecule has 2 aromatic carbocycles. The highest BCUT2D eigenvalue weighted by Gasteiger charge is 2.41. The maximum Gasteiger partial charge on any atom is 0.416 e. The van der Waals surface area contributed by atoms with Gasteiger partial charge in [0.15, 0.2) is 0 Å². The number of carbonyl (C=O) groups excluding carboxylic acids is 3. The number of carbonyl (C=O) groups is 3. The van der Waals surface area contributed by atoms with Crippen LogP contribution in [0.5, 0.6) is 0 Å². The maximum absolute atomic E-state index is 12.8. The van der Waals surface area contributed by atoms with Gasteiger partial charge in [0.25, 0.3) is 11.8 Å². The third kappa shape index (κ3) is 3.62. The molecule has 0 saturated heterocycles. The molecule has 0 aliphatic carbocycles. The second-order valence-corrected chi connectivity index (χ2v) is 6.51. The number of amides is 2. The van der Waals surface area contributed by atoms with E-state index in [1.807, 2.05) is 0 Å². The summed E-state index contributed by atoms with van der Waals surface area (Å²) in [7, 11) is 0. The van der Waals surface area contributed by atoms with E-state index in [2.05, 4.69) is 0 Å². The van der Waals surface area contributed by atoms with Crippen LogP contribution in [0.3, 0.4) is 0 Å². The van der Waals surface area contributed by atoms with Crippen molar-refractivity contribution in [3.63, 3.8) is 0 Å².